The van der Waals surface area contributed by atoms with Crippen LogP contribution in [-0.4, -0.2) is 54.7 Å². The molecule has 0 aromatic rings. The molecular weight excluding hydrogens is 240 g/mol. The smallest absolute Gasteiger partial charge is 0.294 e. The first-order valence-corrected chi connectivity index (χ1v) is 7.92. The summed E-state index contributed by atoms with van der Waals surface area (Å²) in [6.07, 6.45) is 8.98. The van der Waals surface area contributed by atoms with Gasteiger partial charge in [-0.3, -0.25) is 14.6 Å². The first kappa shape index (κ1) is 14.8. The second-order valence-electron chi connectivity index (χ2n) is 5.84. The summed E-state index contributed by atoms with van der Waals surface area (Å²) in [5, 5.41) is 0. The molecule has 1 saturated heterocycles. The van der Waals surface area contributed by atoms with Crippen LogP contribution in [0.15, 0.2) is 0 Å². The molecule has 4 heteroatoms. The molecule has 1 heterocycles. The Morgan fingerprint density at radius 1 is 1.16 bits per heavy atom. The number of piperazine rings is 1. The zero-order valence-electron chi connectivity index (χ0n) is 12.2. The van der Waals surface area contributed by atoms with Gasteiger partial charge in [0.1, 0.15) is 0 Å². The van der Waals surface area contributed by atoms with Crippen LogP contribution in [0.25, 0.3) is 0 Å². The van der Waals surface area contributed by atoms with Crippen molar-refractivity contribution in [2.45, 2.75) is 64.1 Å². The Morgan fingerprint density at radius 3 is 2.42 bits per heavy atom. The second-order valence-corrected chi connectivity index (χ2v) is 5.84. The van der Waals surface area contributed by atoms with Crippen LogP contribution < -0.4 is 0 Å². The molecule has 4 nitrogen and oxygen atoms in total. The van der Waals surface area contributed by atoms with Crippen molar-refractivity contribution in [3.63, 3.8) is 0 Å². The normalized spacial score (nSPS) is 25.1. The molecular formula is C15H28N2O2. The molecule has 2 fully saturated rings. The molecule has 1 aliphatic carbocycles. The second kappa shape index (κ2) is 7.85. The predicted molar refractivity (Wildman–Crippen MR) is 75.9 cm³/mol. The van der Waals surface area contributed by atoms with Gasteiger partial charge < -0.3 is 4.74 Å². The van der Waals surface area contributed by atoms with Crippen LogP contribution in [0.2, 0.25) is 0 Å². The molecule has 19 heavy (non-hydrogen) atoms. The van der Waals surface area contributed by atoms with Crippen molar-refractivity contribution in [1.82, 2.24) is 9.80 Å². The fourth-order valence-corrected chi connectivity index (χ4v) is 3.48. The zero-order valence-corrected chi connectivity index (χ0v) is 12.2. The minimum absolute atomic E-state index is 0.00370. The Balaban J connectivity index is 1.78. The van der Waals surface area contributed by atoms with Crippen molar-refractivity contribution in [3.05, 3.63) is 0 Å². The summed E-state index contributed by atoms with van der Waals surface area (Å²) in [6, 6.07) is 0.813. The van der Waals surface area contributed by atoms with Crippen LogP contribution in [-0.2, 0) is 9.53 Å². The molecule has 0 radical (unpaired) electrons. The minimum atomic E-state index is -0.00370. The third kappa shape index (κ3) is 4.18. The van der Waals surface area contributed by atoms with Crippen LogP contribution in [0.4, 0.5) is 0 Å². The molecule has 0 aromatic heterocycles. The third-order valence-corrected chi connectivity index (χ3v) is 4.60. The maximum atomic E-state index is 10.6. The molecule has 110 valence electrons. The van der Waals surface area contributed by atoms with Gasteiger partial charge in [-0.05, 0) is 19.3 Å². The predicted octanol–water partition coefficient (Wildman–Crippen LogP) is 2.24. The Labute approximate surface area is 117 Å². The van der Waals surface area contributed by atoms with E-state index in [9.17, 15) is 4.79 Å². The van der Waals surface area contributed by atoms with E-state index in [1.165, 1.54) is 32.1 Å². The van der Waals surface area contributed by atoms with Crippen LogP contribution >= 0.6 is 0 Å². The van der Waals surface area contributed by atoms with Crippen LogP contribution in [0.1, 0.15) is 51.9 Å². The van der Waals surface area contributed by atoms with Crippen LogP contribution in [0.5, 0.6) is 0 Å². The van der Waals surface area contributed by atoms with E-state index in [0.717, 1.165) is 45.1 Å². The van der Waals surface area contributed by atoms with E-state index < -0.39 is 0 Å². The molecule has 2 aliphatic rings. The highest BCUT2D eigenvalue weighted by atomic mass is 16.5. The summed E-state index contributed by atoms with van der Waals surface area (Å²) in [5.41, 5.74) is 0. The lowest BCUT2D eigenvalue weighted by molar-refractivity contribution is -0.146. The highest BCUT2D eigenvalue weighted by molar-refractivity contribution is 5.37. The van der Waals surface area contributed by atoms with Gasteiger partial charge in [-0.25, -0.2) is 0 Å². The third-order valence-electron chi connectivity index (χ3n) is 4.60. The molecule has 1 saturated carbocycles. The summed E-state index contributed by atoms with van der Waals surface area (Å²) >= 11 is 0. The number of ether oxygens (including phenoxy) is 1. The summed E-state index contributed by atoms with van der Waals surface area (Å²) < 4.78 is 5.23. The van der Waals surface area contributed by atoms with Crippen molar-refractivity contribution in [2.24, 2.45) is 0 Å². The molecule has 0 aromatic carbocycles. The van der Waals surface area contributed by atoms with Gasteiger partial charge in [0.25, 0.3) is 6.47 Å². The lowest BCUT2D eigenvalue weighted by Crippen LogP contribution is -2.54. The maximum Gasteiger partial charge on any atom is 0.294 e. The molecule has 0 N–H and O–H groups in total. The van der Waals surface area contributed by atoms with Crippen molar-refractivity contribution in [3.8, 4) is 0 Å². The Morgan fingerprint density at radius 2 is 1.84 bits per heavy atom. The Bertz CT molecular complexity index is 259. The summed E-state index contributed by atoms with van der Waals surface area (Å²) in [4.78, 5) is 15.6. The molecule has 0 spiro atoms. The van der Waals surface area contributed by atoms with Gasteiger partial charge in [0.2, 0.25) is 0 Å². The molecule has 1 unspecified atom stereocenters. The minimum Gasteiger partial charge on any atom is -0.449 e. The van der Waals surface area contributed by atoms with Crippen molar-refractivity contribution in [1.29, 1.82) is 0 Å². The summed E-state index contributed by atoms with van der Waals surface area (Å²) in [7, 11) is 0. The van der Waals surface area contributed by atoms with Crippen LogP contribution in [0, 0.1) is 0 Å². The van der Waals surface area contributed by atoms with E-state index >= 15 is 0 Å². The van der Waals surface area contributed by atoms with Crippen LogP contribution in [0.3, 0.4) is 0 Å². The average Bonchev–Trinajstić information content (AvgIpc) is 2.48. The number of hydrogen-bond donors (Lipinski definition) is 0. The number of carbonyl (C=O) groups is 1. The summed E-state index contributed by atoms with van der Waals surface area (Å²) in [6.45, 7) is 7.08. The van der Waals surface area contributed by atoms with E-state index in [0.29, 0.717) is 6.47 Å². The lowest BCUT2D eigenvalue weighted by atomic mass is 9.94. The van der Waals surface area contributed by atoms with Crippen molar-refractivity contribution < 1.29 is 9.53 Å². The number of nitrogens with zero attached hydrogens (tertiary/aromatic N) is 2. The highest BCUT2D eigenvalue weighted by Crippen LogP contribution is 2.24. The molecule has 2 rings (SSSR count). The monoisotopic (exact) mass is 268 g/mol. The average molecular weight is 268 g/mol. The zero-order chi connectivity index (χ0) is 13.5. The number of rotatable bonds is 6. The topological polar surface area (TPSA) is 32.8 Å². The fraction of sp³-hybridized carbons (Fsp3) is 0.933. The molecule has 1 aliphatic heterocycles. The first-order valence-electron chi connectivity index (χ1n) is 7.92. The Hall–Kier alpha value is -0.610. The van der Waals surface area contributed by atoms with Gasteiger partial charge in [-0.15, -0.1) is 0 Å². The van der Waals surface area contributed by atoms with Gasteiger partial charge in [-0.2, -0.15) is 0 Å². The van der Waals surface area contributed by atoms with Gasteiger partial charge in [0.05, 0.1) is 0 Å². The van der Waals surface area contributed by atoms with E-state index in [4.69, 9.17) is 4.74 Å². The van der Waals surface area contributed by atoms with Crippen molar-refractivity contribution >= 4 is 6.47 Å². The van der Waals surface area contributed by atoms with Gasteiger partial charge in [0, 0.05) is 32.2 Å². The van der Waals surface area contributed by atoms with E-state index in [1.807, 2.05) is 0 Å². The van der Waals surface area contributed by atoms with Gasteiger partial charge >= 0.3 is 0 Å². The van der Waals surface area contributed by atoms with Gasteiger partial charge in [-0.1, -0.05) is 32.6 Å². The SMILES string of the molecule is CCCC(OC=O)N1CCN(C2CCCCC2)CC1. The highest BCUT2D eigenvalue weighted by Gasteiger charge is 2.28. The molecule has 0 amide bonds. The van der Waals surface area contributed by atoms with Crippen molar-refractivity contribution in [2.75, 3.05) is 26.2 Å². The van der Waals surface area contributed by atoms with E-state index in [-0.39, 0.29) is 6.23 Å². The lowest BCUT2D eigenvalue weighted by Gasteiger charge is -2.42. The largest absolute Gasteiger partial charge is 0.449 e. The van der Waals surface area contributed by atoms with E-state index in [1.54, 1.807) is 0 Å². The molecule has 0 bridgehead atoms. The van der Waals surface area contributed by atoms with Gasteiger partial charge in [0.15, 0.2) is 6.23 Å². The fourth-order valence-electron chi connectivity index (χ4n) is 3.48. The standard InChI is InChI=1S/C15H28N2O2/c1-2-6-15(19-13-18)17-11-9-16(10-12-17)14-7-4-3-5-8-14/h13-15H,2-12H2,1H3. The molecule has 1 atom stereocenters. The first-order chi connectivity index (χ1) is 9.35. The number of hydrogen-bond acceptors (Lipinski definition) is 4. The number of carbonyl (C=O) groups excluding carboxylic acids is 1. The maximum absolute atomic E-state index is 10.6. The van der Waals surface area contributed by atoms with E-state index in [2.05, 4.69) is 16.7 Å². The quantitative estimate of drug-likeness (QED) is 0.692. The summed E-state index contributed by atoms with van der Waals surface area (Å²) in [5.74, 6) is 0. The Kier molecular flexibility index (Phi) is 6.11.